The van der Waals surface area contributed by atoms with Gasteiger partial charge in [-0.2, -0.15) is 0 Å². The van der Waals surface area contributed by atoms with Crippen LogP contribution in [0.3, 0.4) is 0 Å². The molecule has 1 aliphatic heterocycles. The van der Waals surface area contributed by atoms with Crippen molar-refractivity contribution in [2.45, 2.75) is 59.1 Å². The summed E-state index contributed by atoms with van der Waals surface area (Å²) < 4.78 is 6.09. The highest BCUT2D eigenvalue weighted by Crippen LogP contribution is 2.28. The molecule has 24 heavy (non-hydrogen) atoms. The van der Waals surface area contributed by atoms with E-state index in [2.05, 4.69) is 49.4 Å². The number of ether oxygens (including phenoxy) is 1. The van der Waals surface area contributed by atoms with Crippen LogP contribution in [0, 0.1) is 11.8 Å². The van der Waals surface area contributed by atoms with E-state index >= 15 is 0 Å². The fourth-order valence-corrected chi connectivity index (χ4v) is 3.87. The minimum absolute atomic E-state index is 0.510. The van der Waals surface area contributed by atoms with Gasteiger partial charge in [0, 0.05) is 51.9 Å². The topological polar surface area (TPSA) is 19.0 Å². The van der Waals surface area contributed by atoms with Gasteiger partial charge in [-0.25, -0.2) is 0 Å². The molecule has 2 rings (SSSR count). The smallest absolute Gasteiger partial charge is 0.0605 e. The van der Waals surface area contributed by atoms with Crippen molar-refractivity contribution in [3.05, 3.63) is 0 Å². The van der Waals surface area contributed by atoms with Crippen molar-refractivity contribution in [1.29, 1.82) is 0 Å². The Morgan fingerprint density at radius 1 is 1.04 bits per heavy atom. The molecular formula is C20H41N3O. The summed E-state index contributed by atoms with van der Waals surface area (Å²) in [7, 11) is 2.26. The van der Waals surface area contributed by atoms with Crippen LogP contribution in [0.15, 0.2) is 0 Å². The molecule has 0 amide bonds. The zero-order valence-electron chi connectivity index (χ0n) is 16.8. The summed E-state index contributed by atoms with van der Waals surface area (Å²) in [6.45, 7) is 18.6. The molecule has 0 radical (unpaired) electrons. The lowest BCUT2D eigenvalue weighted by Crippen LogP contribution is -2.50. The van der Waals surface area contributed by atoms with E-state index in [1.165, 1.54) is 58.5 Å². The van der Waals surface area contributed by atoms with Crippen LogP contribution in [0.1, 0.15) is 47.0 Å². The van der Waals surface area contributed by atoms with E-state index in [9.17, 15) is 0 Å². The molecular weight excluding hydrogens is 298 g/mol. The van der Waals surface area contributed by atoms with Crippen LogP contribution in [0.4, 0.5) is 0 Å². The van der Waals surface area contributed by atoms with Gasteiger partial charge in [-0.1, -0.05) is 34.1 Å². The highest BCUT2D eigenvalue weighted by Gasteiger charge is 2.32. The Morgan fingerprint density at radius 2 is 1.67 bits per heavy atom. The first-order valence-corrected chi connectivity index (χ1v) is 10.2. The summed E-state index contributed by atoms with van der Waals surface area (Å²) in [5.41, 5.74) is 0. The Morgan fingerprint density at radius 3 is 2.25 bits per heavy atom. The predicted molar refractivity (Wildman–Crippen MR) is 103 cm³/mol. The van der Waals surface area contributed by atoms with Crippen molar-refractivity contribution in [2.24, 2.45) is 11.8 Å². The fraction of sp³-hybridized carbons (Fsp3) is 1.00. The highest BCUT2D eigenvalue weighted by molar-refractivity contribution is 4.87. The second-order valence-corrected chi connectivity index (χ2v) is 8.61. The average molecular weight is 340 g/mol. The van der Waals surface area contributed by atoms with Crippen molar-refractivity contribution >= 4 is 0 Å². The molecule has 1 heterocycles. The molecule has 0 aromatic rings. The lowest BCUT2D eigenvalue weighted by Gasteiger charge is -2.42. The van der Waals surface area contributed by atoms with Crippen LogP contribution < -0.4 is 0 Å². The first-order chi connectivity index (χ1) is 11.5. The van der Waals surface area contributed by atoms with Gasteiger partial charge in [0.15, 0.2) is 0 Å². The summed E-state index contributed by atoms with van der Waals surface area (Å²) >= 11 is 0. The first-order valence-electron chi connectivity index (χ1n) is 10.2. The summed E-state index contributed by atoms with van der Waals surface area (Å²) in [4.78, 5) is 7.72. The van der Waals surface area contributed by atoms with Crippen LogP contribution in [-0.2, 0) is 4.74 Å². The highest BCUT2D eigenvalue weighted by atomic mass is 16.5. The standard InChI is InChI=1S/C20H41N3O/c1-6-18(4)16-23-9-7-22(8-10-23)11-12-24-20-13-19(14-20)21(5)15-17(2)3/h17-20H,6-16H2,1-5H3/t18?,19-,20-. The number of hydrogen-bond donors (Lipinski definition) is 0. The van der Waals surface area contributed by atoms with Gasteiger partial charge in [0.2, 0.25) is 0 Å². The SMILES string of the molecule is CCC(C)CN1CCN(CCO[C@H]2C[C@H](N(C)CC(C)C)C2)CC1. The van der Waals surface area contributed by atoms with E-state index in [1.807, 2.05) is 0 Å². The molecule has 1 atom stereocenters. The molecule has 0 aromatic carbocycles. The molecule has 2 fully saturated rings. The molecule has 0 bridgehead atoms. The monoisotopic (exact) mass is 339 g/mol. The van der Waals surface area contributed by atoms with Gasteiger partial charge in [0.05, 0.1) is 12.7 Å². The molecule has 2 aliphatic rings. The van der Waals surface area contributed by atoms with Crippen molar-refractivity contribution < 1.29 is 4.74 Å². The van der Waals surface area contributed by atoms with Gasteiger partial charge in [-0.3, -0.25) is 4.90 Å². The first kappa shape index (κ1) is 20.2. The van der Waals surface area contributed by atoms with Crippen LogP contribution in [-0.4, -0.2) is 86.3 Å². The maximum absolute atomic E-state index is 6.09. The largest absolute Gasteiger partial charge is 0.377 e. The van der Waals surface area contributed by atoms with E-state index in [0.29, 0.717) is 6.10 Å². The van der Waals surface area contributed by atoms with Crippen molar-refractivity contribution in [3.8, 4) is 0 Å². The van der Waals surface area contributed by atoms with Crippen molar-refractivity contribution in [1.82, 2.24) is 14.7 Å². The van der Waals surface area contributed by atoms with Crippen molar-refractivity contribution in [2.75, 3.05) is 59.5 Å². The van der Waals surface area contributed by atoms with Gasteiger partial charge in [-0.05, 0) is 31.7 Å². The van der Waals surface area contributed by atoms with Crippen LogP contribution >= 0.6 is 0 Å². The lowest BCUT2D eigenvalue weighted by atomic mass is 9.87. The molecule has 1 aliphatic carbocycles. The Hall–Kier alpha value is -0.160. The quantitative estimate of drug-likeness (QED) is 0.609. The number of rotatable bonds is 10. The second-order valence-electron chi connectivity index (χ2n) is 8.61. The Balaban J connectivity index is 1.49. The Kier molecular flexibility index (Phi) is 8.48. The molecule has 0 spiro atoms. The predicted octanol–water partition coefficient (Wildman–Crippen LogP) is 2.79. The molecule has 0 aromatic heterocycles. The van der Waals surface area contributed by atoms with Crippen molar-refractivity contribution in [3.63, 3.8) is 0 Å². The second kappa shape index (κ2) is 10.1. The molecule has 1 unspecified atom stereocenters. The fourth-order valence-electron chi connectivity index (χ4n) is 3.87. The molecule has 4 nitrogen and oxygen atoms in total. The minimum atomic E-state index is 0.510. The minimum Gasteiger partial charge on any atom is -0.377 e. The Bertz CT molecular complexity index is 336. The van der Waals surface area contributed by atoms with E-state index in [4.69, 9.17) is 4.74 Å². The van der Waals surface area contributed by atoms with Crippen LogP contribution in [0.5, 0.6) is 0 Å². The van der Waals surface area contributed by atoms with E-state index < -0.39 is 0 Å². The average Bonchev–Trinajstić information content (AvgIpc) is 2.50. The lowest BCUT2D eigenvalue weighted by molar-refractivity contribution is -0.0543. The van der Waals surface area contributed by atoms with Gasteiger partial charge in [0.1, 0.15) is 0 Å². The summed E-state index contributed by atoms with van der Waals surface area (Å²) in [5, 5.41) is 0. The zero-order chi connectivity index (χ0) is 17.5. The van der Waals surface area contributed by atoms with Gasteiger partial charge >= 0.3 is 0 Å². The zero-order valence-corrected chi connectivity index (χ0v) is 16.8. The Labute approximate surface area is 150 Å². The van der Waals surface area contributed by atoms with Crippen LogP contribution in [0.25, 0.3) is 0 Å². The molecule has 4 heteroatoms. The molecule has 0 N–H and O–H groups in total. The van der Waals surface area contributed by atoms with E-state index in [0.717, 1.165) is 31.0 Å². The van der Waals surface area contributed by atoms with Gasteiger partial charge < -0.3 is 14.5 Å². The van der Waals surface area contributed by atoms with E-state index in [-0.39, 0.29) is 0 Å². The number of nitrogens with zero attached hydrogens (tertiary/aromatic N) is 3. The molecule has 142 valence electrons. The summed E-state index contributed by atoms with van der Waals surface area (Å²) in [6, 6.07) is 0.751. The third kappa shape index (κ3) is 6.62. The maximum atomic E-state index is 6.09. The summed E-state index contributed by atoms with van der Waals surface area (Å²) in [5.74, 6) is 1.59. The summed E-state index contributed by atoms with van der Waals surface area (Å²) in [6.07, 6.45) is 4.26. The maximum Gasteiger partial charge on any atom is 0.0605 e. The number of hydrogen-bond acceptors (Lipinski definition) is 4. The molecule has 1 saturated heterocycles. The third-order valence-electron chi connectivity index (χ3n) is 5.84. The molecule has 1 saturated carbocycles. The normalized spacial score (nSPS) is 27.6. The van der Waals surface area contributed by atoms with Crippen LogP contribution in [0.2, 0.25) is 0 Å². The van der Waals surface area contributed by atoms with E-state index in [1.54, 1.807) is 0 Å². The number of piperazine rings is 1. The third-order valence-corrected chi connectivity index (χ3v) is 5.84. The van der Waals surface area contributed by atoms with Gasteiger partial charge in [0.25, 0.3) is 0 Å². The van der Waals surface area contributed by atoms with Gasteiger partial charge in [-0.15, -0.1) is 0 Å².